The summed E-state index contributed by atoms with van der Waals surface area (Å²) in [6.45, 7) is 0. The van der Waals surface area contributed by atoms with Crippen molar-refractivity contribution in [2.45, 2.75) is 0 Å². The van der Waals surface area contributed by atoms with Gasteiger partial charge in [-0.05, 0) is 70.1 Å². The Labute approximate surface area is 231 Å². The zero-order valence-corrected chi connectivity index (χ0v) is 21.8. The van der Waals surface area contributed by atoms with E-state index in [2.05, 4.69) is 155 Å². The molecule has 0 atom stereocenters. The van der Waals surface area contributed by atoms with Crippen LogP contribution in [0.4, 0.5) is 17.1 Å². The Morgan fingerprint density at radius 2 is 1.02 bits per heavy atom. The number of para-hydroxylation sites is 2. The molecule has 0 unspecified atom stereocenters. The van der Waals surface area contributed by atoms with Crippen LogP contribution in [0, 0.1) is 0 Å². The lowest BCUT2D eigenvalue weighted by atomic mass is 9.99. The number of fused-ring (bicyclic) bond motifs is 6. The molecular formula is C38H24N2. The highest BCUT2D eigenvalue weighted by Gasteiger charge is 2.19. The standard InChI is InChI=1S/C38H24N2/c1-2-13-28(14-3-1)39(29-20-19-25-9-4-5-10-27(25)23-29)30-21-22-35-34(24-30)33-17-8-16-32-31-15-6-11-26-12-7-18-36(37(26)31)40(35)38(32)33/h1-24H. The van der Waals surface area contributed by atoms with Crippen molar-refractivity contribution in [1.29, 1.82) is 0 Å². The number of hydrogen-bond acceptors (Lipinski definition) is 1. The number of rotatable bonds is 3. The first-order valence-corrected chi connectivity index (χ1v) is 13.8. The zero-order chi connectivity index (χ0) is 26.2. The first kappa shape index (κ1) is 21.6. The van der Waals surface area contributed by atoms with Gasteiger partial charge in [0.25, 0.3) is 0 Å². The largest absolute Gasteiger partial charge is 0.310 e. The summed E-state index contributed by atoms with van der Waals surface area (Å²) in [7, 11) is 0. The summed E-state index contributed by atoms with van der Waals surface area (Å²) >= 11 is 0. The average Bonchev–Trinajstić information content (AvgIpc) is 3.35. The lowest BCUT2D eigenvalue weighted by Gasteiger charge is -2.26. The van der Waals surface area contributed by atoms with Crippen LogP contribution in [0.2, 0.25) is 0 Å². The monoisotopic (exact) mass is 508 g/mol. The topological polar surface area (TPSA) is 7.65 Å². The molecule has 2 heterocycles. The predicted molar refractivity (Wildman–Crippen MR) is 171 cm³/mol. The quantitative estimate of drug-likeness (QED) is 0.170. The van der Waals surface area contributed by atoms with Gasteiger partial charge in [0.1, 0.15) is 0 Å². The van der Waals surface area contributed by atoms with Crippen LogP contribution in [0.1, 0.15) is 0 Å². The van der Waals surface area contributed by atoms with Crippen LogP contribution >= 0.6 is 0 Å². The number of nitrogens with zero attached hydrogens (tertiary/aromatic N) is 2. The molecule has 186 valence electrons. The van der Waals surface area contributed by atoms with Crippen molar-refractivity contribution in [3.8, 4) is 0 Å². The van der Waals surface area contributed by atoms with Gasteiger partial charge in [-0.25, -0.2) is 0 Å². The first-order chi connectivity index (χ1) is 19.8. The highest BCUT2D eigenvalue weighted by Crippen LogP contribution is 2.43. The number of anilines is 3. The fourth-order valence-electron chi connectivity index (χ4n) is 6.74. The van der Waals surface area contributed by atoms with Crippen molar-refractivity contribution < 1.29 is 0 Å². The molecule has 0 fully saturated rings. The fraction of sp³-hybridized carbons (Fsp3) is 0. The lowest BCUT2D eigenvalue weighted by Crippen LogP contribution is -2.09. The van der Waals surface area contributed by atoms with Gasteiger partial charge in [0.15, 0.2) is 0 Å². The minimum atomic E-state index is 1.14. The molecule has 0 aliphatic rings. The van der Waals surface area contributed by atoms with Crippen molar-refractivity contribution in [1.82, 2.24) is 4.40 Å². The van der Waals surface area contributed by atoms with E-state index in [0.717, 1.165) is 17.1 Å². The molecule has 7 aromatic carbocycles. The molecule has 2 aromatic heterocycles. The summed E-state index contributed by atoms with van der Waals surface area (Å²) < 4.78 is 2.47. The maximum atomic E-state index is 2.47. The van der Waals surface area contributed by atoms with E-state index in [9.17, 15) is 0 Å². The second-order valence-corrected chi connectivity index (χ2v) is 10.6. The van der Waals surface area contributed by atoms with Crippen LogP contribution in [-0.4, -0.2) is 4.40 Å². The molecule has 2 nitrogen and oxygen atoms in total. The molecule has 0 radical (unpaired) electrons. The van der Waals surface area contributed by atoms with Gasteiger partial charge in [-0.1, -0.05) is 97.1 Å². The Balaban J connectivity index is 1.37. The number of hydrogen-bond donors (Lipinski definition) is 0. The van der Waals surface area contributed by atoms with E-state index >= 15 is 0 Å². The van der Waals surface area contributed by atoms with Crippen molar-refractivity contribution in [2.75, 3.05) is 4.90 Å². The summed E-state index contributed by atoms with van der Waals surface area (Å²) in [5, 5.41) is 10.3. The van der Waals surface area contributed by atoms with Gasteiger partial charge in [-0.3, -0.25) is 0 Å². The molecule has 40 heavy (non-hydrogen) atoms. The molecule has 0 saturated carbocycles. The van der Waals surface area contributed by atoms with Crippen LogP contribution in [-0.2, 0) is 0 Å². The van der Waals surface area contributed by atoms with Crippen LogP contribution in [0.25, 0.3) is 59.6 Å². The molecule has 0 aliphatic carbocycles. The van der Waals surface area contributed by atoms with Gasteiger partial charge in [-0.15, -0.1) is 0 Å². The molecular weight excluding hydrogens is 484 g/mol. The number of aromatic nitrogens is 1. The van der Waals surface area contributed by atoms with Crippen LogP contribution < -0.4 is 4.90 Å². The smallest absolute Gasteiger partial charge is 0.0619 e. The van der Waals surface area contributed by atoms with Crippen molar-refractivity contribution in [2.24, 2.45) is 0 Å². The third-order valence-corrected chi connectivity index (χ3v) is 8.45. The van der Waals surface area contributed by atoms with E-state index in [4.69, 9.17) is 0 Å². The molecule has 0 saturated heterocycles. The van der Waals surface area contributed by atoms with Crippen LogP contribution in [0.5, 0.6) is 0 Å². The third kappa shape index (κ3) is 2.93. The van der Waals surface area contributed by atoms with Gasteiger partial charge in [0.05, 0.1) is 16.6 Å². The highest BCUT2D eigenvalue weighted by molar-refractivity contribution is 6.27. The number of benzene rings is 7. The van der Waals surface area contributed by atoms with Crippen LogP contribution in [0.3, 0.4) is 0 Å². The van der Waals surface area contributed by atoms with Gasteiger partial charge >= 0.3 is 0 Å². The summed E-state index contributed by atoms with van der Waals surface area (Å²) in [4.78, 5) is 2.37. The van der Waals surface area contributed by atoms with E-state index < -0.39 is 0 Å². The number of pyridine rings is 1. The van der Waals surface area contributed by atoms with Gasteiger partial charge in [0.2, 0.25) is 0 Å². The van der Waals surface area contributed by atoms with Crippen molar-refractivity contribution in [3.05, 3.63) is 146 Å². The average molecular weight is 509 g/mol. The first-order valence-electron chi connectivity index (χ1n) is 13.8. The Bertz CT molecular complexity index is 2370. The molecule has 9 rings (SSSR count). The third-order valence-electron chi connectivity index (χ3n) is 8.45. The molecule has 0 amide bonds. The summed E-state index contributed by atoms with van der Waals surface area (Å²) in [6, 6.07) is 53.0. The summed E-state index contributed by atoms with van der Waals surface area (Å²) in [5.74, 6) is 0. The lowest BCUT2D eigenvalue weighted by molar-refractivity contribution is 1.29. The Hall–Kier alpha value is -5.34. The SMILES string of the molecule is c1ccc(N(c2ccc3ccccc3c2)c2ccc3c(c2)c2cccc4c5cccc6cccc(c65)n3c42)cc1. The van der Waals surface area contributed by atoms with Crippen molar-refractivity contribution >= 4 is 76.7 Å². The van der Waals surface area contributed by atoms with Gasteiger partial charge in [0, 0.05) is 38.6 Å². The minimum absolute atomic E-state index is 1.14. The van der Waals surface area contributed by atoms with E-state index in [1.807, 2.05) is 0 Å². The normalized spacial score (nSPS) is 12.0. The van der Waals surface area contributed by atoms with E-state index in [1.54, 1.807) is 0 Å². The van der Waals surface area contributed by atoms with E-state index in [-0.39, 0.29) is 0 Å². The molecule has 2 heteroatoms. The zero-order valence-electron chi connectivity index (χ0n) is 21.8. The Kier molecular flexibility index (Phi) is 4.36. The fourth-order valence-corrected chi connectivity index (χ4v) is 6.74. The Morgan fingerprint density at radius 3 is 1.90 bits per heavy atom. The van der Waals surface area contributed by atoms with Gasteiger partial charge < -0.3 is 9.30 Å². The van der Waals surface area contributed by atoms with E-state index in [1.165, 1.54) is 59.6 Å². The predicted octanol–water partition coefficient (Wildman–Crippen LogP) is 10.6. The minimum Gasteiger partial charge on any atom is -0.310 e. The van der Waals surface area contributed by atoms with Gasteiger partial charge in [-0.2, -0.15) is 0 Å². The van der Waals surface area contributed by atoms with E-state index in [0.29, 0.717) is 0 Å². The second kappa shape index (κ2) is 8.08. The molecule has 0 aliphatic heterocycles. The Morgan fingerprint density at radius 1 is 0.375 bits per heavy atom. The van der Waals surface area contributed by atoms with Crippen LogP contribution in [0.15, 0.2) is 146 Å². The van der Waals surface area contributed by atoms with Crippen molar-refractivity contribution in [3.63, 3.8) is 0 Å². The molecule has 9 aromatic rings. The molecule has 0 bridgehead atoms. The summed E-state index contributed by atoms with van der Waals surface area (Å²) in [6.07, 6.45) is 0. The highest BCUT2D eigenvalue weighted by atomic mass is 15.1. The summed E-state index contributed by atoms with van der Waals surface area (Å²) in [5.41, 5.74) is 7.22. The molecule has 0 spiro atoms. The molecule has 0 N–H and O–H groups in total. The maximum absolute atomic E-state index is 2.47. The second-order valence-electron chi connectivity index (χ2n) is 10.6. The maximum Gasteiger partial charge on any atom is 0.0619 e.